The maximum absolute atomic E-state index is 12.5. The lowest BCUT2D eigenvalue weighted by Gasteiger charge is -2.31. The molecule has 1 saturated carbocycles. The van der Waals surface area contributed by atoms with Crippen LogP contribution in [-0.2, 0) is 16.6 Å². The number of methoxy groups -OCH3 is 1. The largest absolute Gasteiger partial charge is 0.496 e. The molecule has 1 unspecified atom stereocenters. The lowest BCUT2D eigenvalue weighted by molar-refractivity contribution is 0.260. The molecule has 1 atom stereocenters. The molecule has 1 aromatic carbocycles. The van der Waals surface area contributed by atoms with Gasteiger partial charge in [-0.2, -0.15) is 0 Å². The van der Waals surface area contributed by atoms with Gasteiger partial charge in [-0.1, -0.05) is 6.42 Å². The van der Waals surface area contributed by atoms with Crippen molar-refractivity contribution in [2.45, 2.75) is 43.7 Å². The third-order valence-corrected chi connectivity index (χ3v) is 5.68. The third kappa shape index (κ3) is 3.75. The molecule has 0 amide bonds. The molecule has 1 aliphatic rings. The van der Waals surface area contributed by atoms with Crippen LogP contribution in [0.3, 0.4) is 0 Å². The first-order valence-corrected chi connectivity index (χ1v) is 8.80. The van der Waals surface area contributed by atoms with Gasteiger partial charge in [0.2, 0.25) is 10.0 Å². The van der Waals surface area contributed by atoms with E-state index in [1.165, 1.54) is 6.42 Å². The molecule has 2 N–H and O–H groups in total. The Kier molecular flexibility index (Phi) is 5.24. The topological polar surface area (TPSA) is 67.4 Å². The van der Waals surface area contributed by atoms with Crippen LogP contribution in [0.1, 0.15) is 31.7 Å². The van der Waals surface area contributed by atoms with Crippen molar-refractivity contribution in [2.75, 3.05) is 14.2 Å². The molecule has 5 nitrogen and oxygen atoms in total. The number of hydrogen-bond donors (Lipinski definition) is 2. The second-order valence-corrected chi connectivity index (χ2v) is 7.32. The van der Waals surface area contributed by atoms with E-state index in [2.05, 4.69) is 10.0 Å². The van der Waals surface area contributed by atoms with Gasteiger partial charge in [-0.25, -0.2) is 13.1 Å². The average molecular weight is 312 g/mol. The Morgan fingerprint density at radius 1 is 1.38 bits per heavy atom. The molecule has 0 spiro atoms. The first-order valence-electron chi connectivity index (χ1n) is 7.31. The van der Waals surface area contributed by atoms with E-state index in [1.807, 2.05) is 14.0 Å². The predicted molar refractivity (Wildman–Crippen MR) is 82.9 cm³/mol. The highest BCUT2D eigenvalue weighted by molar-refractivity contribution is 7.89. The van der Waals surface area contributed by atoms with Crippen LogP contribution >= 0.6 is 0 Å². The van der Waals surface area contributed by atoms with Crippen molar-refractivity contribution in [3.8, 4) is 5.75 Å². The Bertz CT molecular complexity index is 583. The summed E-state index contributed by atoms with van der Waals surface area (Å²) >= 11 is 0. The van der Waals surface area contributed by atoms with Gasteiger partial charge in [0.15, 0.2) is 0 Å². The zero-order valence-electron chi connectivity index (χ0n) is 12.8. The minimum Gasteiger partial charge on any atom is -0.496 e. The summed E-state index contributed by atoms with van der Waals surface area (Å²) in [5, 5.41) is 3.02. The number of ether oxygens (including phenoxy) is 1. The van der Waals surface area contributed by atoms with Gasteiger partial charge in [0.05, 0.1) is 12.0 Å². The first kappa shape index (κ1) is 16.3. The Morgan fingerprint density at radius 2 is 2.10 bits per heavy atom. The van der Waals surface area contributed by atoms with E-state index >= 15 is 0 Å². The molecular formula is C15H24N2O3S. The number of hydrogen-bond acceptors (Lipinski definition) is 4. The number of rotatable bonds is 7. The van der Waals surface area contributed by atoms with E-state index in [9.17, 15) is 8.42 Å². The van der Waals surface area contributed by atoms with Crippen LogP contribution in [0.25, 0.3) is 0 Å². The zero-order chi connectivity index (χ0) is 15.5. The van der Waals surface area contributed by atoms with Crippen LogP contribution in [0, 0.1) is 5.92 Å². The SMILES string of the molecule is CNCc1cc(S(=O)(=O)NC(C)C2CCC2)ccc1OC. The van der Waals surface area contributed by atoms with E-state index in [4.69, 9.17) is 4.74 Å². The summed E-state index contributed by atoms with van der Waals surface area (Å²) < 4.78 is 33.0. The molecule has 0 radical (unpaired) electrons. The van der Waals surface area contributed by atoms with Gasteiger partial charge in [-0.15, -0.1) is 0 Å². The van der Waals surface area contributed by atoms with Gasteiger partial charge in [0, 0.05) is 18.2 Å². The van der Waals surface area contributed by atoms with E-state index in [0.717, 1.165) is 18.4 Å². The monoisotopic (exact) mass is 312 g/mol. The van der Waals surface area contributed by atoms with Crippen LogP contribution in [-0.4, -0.2) is 28.6 Å². The normalized spacial score (nSPS) is 17.3. The Balaban J connectivity index is 2.20. The lowest BCUT2D eigenvalue weighted by Crippen LogP contribution is -2.40. The average Bonchev–Trinajstić information content (AvgIpc) is 2.36. The van der Waals surface area contributed by atoms with Crippen molar-refractivity contribution in [1.82, 2.24) is 10.0 Å². The Morgan fingerprint density at radius 3 is 2.62 bits per heavy atom. The first-order chi connectivity index (χ1) is 9.97. The summed E-state index contributed by atoms with van der Waals surface area (Å²) in [4.78, 5) is 0.291. The fraction of sp³-hybridized carbons (Fsp3) is 0.600. The van der Waals surface area contributed by atoms with Crippen molar-refractivity contribution >= 4 is 10.0 Å². The predicted octanol–water partition coefficient (Wildman–Crippen LogP) is 1.88. The van der Waals surface area contributed by atoms with Crippen molar-refractivity contribution in [1.29, 1.82) is 0 Å². The minimum absolute atomic E-state index is 0.0152. The zero-order valence-corrected chi connectivity index (χ0v) is 13.7. The Labute approximate surface area is 127 Å². The van der Waals surface area contributed by atoms with Crippen molar-refractivity contribution in [3.05, 3.63) is 23.8 Å². The molecular weight excluding hydrogens is 288 g/mol. The van der Waals surface area contributed by atoms with Crippen LogP contribution in [0.15, 0.2) is 23.1 Å². The smallest absolute Gasteiger partial charge is 0.240 e. The molecule has 0 aromatic heterocycles. The van der Waals surface area contributed by atoms with E-state index in [-0.39, 0.29) is 6.04 Å². The van der Waals surface area contributed by atoms with Crippen molar-refractivity contribution in [2.24, 2.45) is 5.92 Å². The summed E-state index contributed by atoms with van der Waals surface area (Å²) in [5.74, 6) is 1.16. The maximum atomic E-state index is 12.5. The summed E-state index contributed by atoms with van der Waals surface area (Å²) in [5.41, 5.74) is 0.833. The third-order valence-electron chi connectivity index (χ3n) is 4.13. The molecule has 0 heterocycles. The highest BCUT2D eigenvalue weighted by Crippen LogP contribution is 2.30. The number of nitrogens with one attached hydrogen (secondary N) is 2. The molecule has 118 valence electrons. The van der Waals surface area contributed by atoms with Gasteiger partial charge >= 0.3 is 0 Å². The molecule has 1 aromatic rings. The Hall–Kier alpha value is -1.11. The van der Waals surface area contributed by atoms with Crippen LogP contribution in [0.2, 0.25) is 0 Å². The van der Waals surface area contributed by atoms with E-state index in [0.29, 0.717) is 23.1 Å². The van der Waals surface area contributed by atoms with Gasteiger partial charge < -0.3 is 10.1 Å². The highest BCUT2D eigenvalue weighted by atomic mass is 32.2. The summed E-state index contributed by atoms with van der Waals surface area (Å²) in [6, 6.07) is 4.95. The molecule has 1 aliphatic carbocycles. The van der Waals surface area contributed by atoms with Crippen LogP contribution in [0.5, 0.6) is 5.75 Å². The van der Waals surface area contributed by atoms with E-state index in [1.54, 1.807) is 25.3 Å². The summed E-state index contributed by atoms with van der Waals surface area (Å²) in [7, 11) is -0.0799. The molecule has 0 aliphatic heterocycles. The van der Waals surface area contributed by atoms with Gasteiger partial charge in [-0.05, 0) is 50.9 Å². The number of sulfonamides is 1. The van der Waals surface area contributed by atoms with Gasteiger partial charge in [0.25, 0.3) is 0 Å². The molecule has 0 saturated heterocycles. The maximum Gasteiger partial charge on any atom is 0.240 e. The van der Waals surface area contributed by atoms with Gasteiger partial charge in [0.1, 0.15) is 5.75 Å². The summed E-state index contributed by atoms with van der Waals surface area (Å²) in [6.45, 7) is 2.50. The number of benzene rings is 1. The summed E-state index contributed by atoms with van der Waals surface area (Å²) in [6.07, 6.45) is 3.42. The quantitative estimate of drug-likeness (QED) is 0.807. The molecule has 21 heavy (non-hydrogen) atoms. The van der Waals surface area contributed by atoms with Crippen molar-refractivity contribution < 1.29 is 13.2 Å². The van der Waals surface area contributed by atoms with Crippen molar-refractivity contribution in [3.63, 3.8) is 0 Å². The fourth-order valence-electron chi connectivity index (χ4n) is 2.60. The van der Waals surface area contributed by atoms with Gasteiger partial charge in [-0.3, -0.25) is 0 Å². The molecule has 1 fully saturated rings. The fourth-order valence-corrected chi connectivity index (χ4v) is 3.96. The molecule has 6 heteroatoms. The highest BCUT2D eigenvalue weighted by Gasteiger charge is 2.28. The van der Waals surface area contributed by atoms with Crippen LogP contribution < -0.4 is 14.8 Å². The standard InChI is InChI=1S/C15H24N2O3S/c1-11(12-5-4-6-12)17-21(18,19)14-7-8-15(20-3)13(9-14)10-16-2/h7-9,11-12,16-17H,4-6,10H2,1-3H3. The van der Waals surface area contributed by atoms with Crippen LogP contribution in [0.4, 0.5) is 0 Å². The minimum atomic E-state index is -3.48. The second kappa shape index (κ2) is 6.77. The molecule has 2 rings (SSSR count). The second-order valence-electron chi connectivity index (χ2n) is 5.60. The lowest BCUT2D eigenvalue weighted by atomic mass is 9.81. The molecule has 0 bridgehead atoms. The van der Waals surface area contributed by atoms with E-state index < -0.39 is 10.0 Å².